The zero-order valence-corrected chi connectivity index (χ0v) is 35.8. The number of hydrogen-bond donors (Lipinski definition) is 1. The molecule has 8 nitrogen and oxygen atoms in total. The standard InChI is InChI=1S/C44H85O8P/c1-4-7-9-11-13-15-17-19-20-21-22-23-24-25-26-27-29-31-33-35-37-39-44(46)52-42(41-51-53(47,48)50-6-3)40-49-43(45)38-36-34-32-30-28-18-16-14-12-10-8-5-2/h21-22,42H,4-20,23-41H2,1-3H3,(H,47,48)/b22-21-. The number of phosphoric ester groups is 1. The van der Waals surface area contributed by atoms with Crippen LogP contribution in [0.1, 0.15) is 233 Å². The fraction of sp³-hybridized carbons (Fsp3) is 0.909. The Labute approximate surface area is 327 Å². The monoisotopic (exact) mass is 773 g/mol. The number of ether oxygens (including phenoxy) is 2. The normalized spacial score (nSPS) is 13.4. The van der Waals surface area contributed by atoms with E-state index in [1.165, 1.54) is 161 Å². The number of carbonyl (C=O) groups excluding carboxylic acids is 2. The molecule has 0 rings (SSSR count). The second kappa shape index (κ2) is 40.5. The van der Waals surface area contributed by atoms with Gasteiger partial charge < -0.3 is 14.4 Å². The highest BCUT2D eigenvalue weighted by Crippen LogP contribution is 2.43. The maximum atomic E-state index is 12.6. The van der Waals surface area contributed by atoms with Crippen molar-refractivity contribution >= 4 is 19.8 Å². The average Bonchev–Trinajstić information content (AvgIpc) is 3.13. The number of phosphoric acid groups is 1. The van der Waals surface area contributed by atoms with Crippen LogP contribution in [-0.4, -0.2) is 42.8 Å². The van der Waals surface area contributed by atoms with E-state index in [1.807, 2.05) is 0 Å². The number of unbranched alkanes of at least 4 members (excludes halogenated alkanes) is 28. The Morgan fingerprint density at radius 1 is 0.491 bits per heavy atom. The fourth-order valence-electron chi connectivity index (χ4n) is 6.51. The molecule has 0 aromatic carbocycles. The Bertz CT molecular complexity index is 879. The zero-order chi connectivity index (χ0) is 38.9. The van der Waals surface area contributed by atoms with Crippen LogP contribution in [0.25, 0.3) is 0 Å². The number of allylic oxidation sites excluding steroid dienone is 2. The Hall–Kier alpha value is -1.21. The highest BCUT2D eigenvalue weighted by molar-refractivity contribution is 7.47. The number of esters is 2. The molecule has 2 unspecified atom stereocenters. The number of rotatable bonds is 42. The maximum Gasteiger partial charge on any atom is 0.472 e. The molecule has 0 radical (unpaired) electrons. The van der Waals surface area contributed by atoms with Crippen LogP contribution in [0.15, 0.2) is 12.2 Å². The molecule has 0 heterocycles. The van der Waals surface area contributed by atoms with Gasteiger partial charge in [-0.1, -0.05) is 187 Å². The van der Waals surface area contributed by atoms with Crippen molar-refractivity contribution in [2.45, 2.75) is 239 Å². The van der Waals surface area contributed by atoms with Gasteiger partial charge in [0.25, 0.3) is 0 Å². The third-order valence-electron chi connectivity index (χ3n) is 9.82. The van der Waals surface area contributed by atoms with Gasteiger partial charge in [0.2, 0.25) is 0 Å². The smallest absolute Gasteiger partial charge is 0.462 e. The van der Waals surface area contributed by atoms with Crippen LogP contribution in [0.2, 0.25) is 0 Å². The highest BCUT2D eigenvalue weighted by atomic mass is 31.2. The van der Waals surface area contributed by atoms with Crippen LogP contribution >= 0.6 is 7.82 Å². The summed E-state index contributed by atoms with van der Waals surface area (Å²) in [6.45, 7) is 5.50. The fourth-order valence-corrected chi connectivity index (χ4v) is 7.26. The summed E-state index contributed by atoms with van der Waals surface area (Å²) in [6, 6.07) is 0. The molecule has 0 bridgehead atoms. The molecule has 0 aliphatic rings. The molecule has 314 valence electrons. The van der Waals surface area contributed by atoms with E-state index < -0.39 is 19.9 Å². The molecule has 0 saturated carbocycles. The molecule has 53 heavy (non-hydrogen) atoms. The number of carbonyl (C=O) groups is 2. The first kappa shape index (κ1) is 51.8. The van der Waals surface area contributed by atoms with Crippen LogP contribution < -0.4 is 0 Å². The van der Waals surface area contributed by atoms with E-state index in [2.05, 4.69) is 26.0 Å². The summed E-state index contributed by atoms with van der Waals surface area (Å²) in [4.78, 5) is 34.7. The van der Waals surface area contributed by atoms with E-state index in [4.69, 9.17) is 18.5 Å². The third-order valence-corrected chi connectivity index (χ3v) is 10.9. The SMILES string of the molecule is CCCCCCCCCC/C=C\CCCCCCCCCCCC(=O)OC(COC(=O)CCCCCCCCCCCCCC)COP(=O)(O)OCC. The van der Waals surface area contributed by atoms with Crippen LogP contribution in [0, 0.1) is 0 Å². The molecule has 0 spiro atoms. The van der Waals surface area contributed by atoms with Crippen LogP contribution in [-0.2, 0) is 32.7 Å². The van der Waals surface area contributed by atoms with E-state index in [1.54, 1.807) is 6.92 Å². The summed E-state index contributed by atoms with van der Waals surface area (Å²) >= 11 is 0. The van der Waals surface area contributed by atoms with Crippen molar-refractivity contribution in [3.05, 3.63) is 12.2 Å². The van der Waals surface area contributed by atoms with Gasteiger partial charge >= 0.3 is 19.8 Å². The van der Waals surface area contributed by atoms with Crippen molar-refractivity contribution in [3.63, 3.8) is 0 Å². The first-order valence-electron chi connectivity index (χ1n) is 22.5. The minimum absolute atomic E-state index is 0.00331. The predicted molar refractivity (Wildman–Crippen MR) is 221 cm³/mol. The zero-order valence-electron chi connectivity index (χ0n) is 34.9. The molecular weight excluding hydrogens is 687 g/mol. The van der Waals surface area contributed by atoms with Crippen molar-refractivity contribution in [2.75, 3.05) is 19.8 Å². The Morgan fingerprint density at radius 2 is 0.849 bits per heavy atom. The van der Waals surface area contributed by atoms with Crippen molar-refractivity contribution in [2.24, 2.45) is 0 Å². The van der Waals surface area contributed by atoms with Crippen molar-refractivity contribution in [1.29, 1.82) is 0 Å². The summed E-state index contributed by atoms with van der Waals surface area (Å²) in [5.74, 6) is -0.789. The van der Waals surface area contributed by atoms with Gasteiger partial charge in [0.15, 0.2) is 6.10 Å². The van der Waals surface area contributed by atoms with Gasteiger partial charge in [0.05, 0.1) is 13.2 Å². The molecule has 0 saturated heterocycles. The van der Waals surface area contributed by atoms with E-state index >= 15 is 0 Å². The van der Waals surface area contributed by atoms with Crippen molar-refractivity contribution in [1.82, 2.24) is 0 Å². The van der Waals surface area contributed by atoms with E-state index in [0.29, 0.717) is 12.8 Å². The highest BCUT2D eigenvalue weighted by Gasteiger charge is 2.25. The van der Waals surface area contributed by atoms with E-state index in [0.717, 1.165) is 32.1 Å². The molecule has 0 aliphatic carbocycles. The van der Waals surface area contributed by atoms with Crippen LogP contribution in [0.5, 0.6) is 0 Å². The van der Waals surface area contributed by atoms with E-state index in [9.17, 15) is 19.0 Å². The number of hydrogen-bond acceptors (Lipinski definition) is 7. The van der Waals surface area contributed by atoms with Gasteiger partial charge in [0, 0.05) is 12.8 Å². The van der Waals surface area contributed by atoms with Gasteiger partial charge in [-0.25, -0.2) is 4.57 Å². The van der Waals surface area contributed by atoms with Gasteiger partial charge in [-0.05, 0) is 45.4 Å². The van der Waals surface area contributed by atoms with Crippen LogP contribution in [0.3, 0.4) is 0 Å². The summed E-state index contributed by atoms with van der Waals surface area (Å²) in [7, 11) is -4.27. The van der Waals surface area contributed by atoms with Crippen molar-refractivity contribution in [3.8, 4) is 0 Å². The summed E-state index contributed by atoms with van der Waals surface area (Å²) in [5, 5.41) is 0. The van der Waals surface area contributed by atoms with Crippen molar-refractivity contribution < 1.29 is 37.6 Å². The van der Waals surface area contributed by atoms with E-state index in [-0.39, 0.29) is 32.2 Å². The largest absolute Gasteiger partial charge is 0.472 e. The minimum Gasteiger partial charge on any atom is -0.462 e. The quantitative estimate of drug-likeness (QED) is 0.0283. The molecule has 1 N–H and O–H groups in total. The predicted octanol–water partition coefficient (Wildman–Crippen LogP) is 14.1. The molecule has 9 heteroatoms. The minimum atomic E-state index is -4.27. The van der Waals surface area contributed by atoms with Gasteiger partial charge in [-0.2, -0.15) is 0 Å². The Morgan fingerprint density at radius 3 is 1.25 bits per heavy atom. The lowest BCUT2D eigenvalue weighted by molar-refractivity contribution is -0.161. The Balaban J connectivity index is 3.99. The molecule has 2 atom stereocenters. The summed E-state index contributed by atoms with van der Waals surface area (Å²) in [5.41, 5.74) is 0. The Kier molecular flexibility index (Phi) is 39.5. The lowest BCUT2D eigenvalue weighted by atomic mass is 10.0. The molecule has 0 aliphatic heterocycles. The van der Waals surface area contributed by atoms with Gasteiger partial charge in [0.1, 0.15) is 6.61 Å². The molecule has 0 aromatic rings. The third kappa shape index (κ3) is 40.3. The molecule has 0 aromatic heterocycles. The second-order valence-corrected chi connectivity index (χ2v) is 16.5. The average molecular weight is 773 g/mol. The maximum absolute atomic E-state index is 12.6. The lowest BCUT2D eigenvalue weighted by Crippen LogP contribution is -2.29. The lowest BCUT2D eigenvalue weighted by Gasteiger charge is -2.19. The van der Waals surface area contributed by atoms with Crippen LogP contribution in [0.4, 0.5) is 0 Å². The molecule has 0 amide bonds. The first-order chi connectivity index (χ1) is 25.8. The summed E-state index contributed by atoms with van der Waals surface area (Å²) in [6.07, 6.45) is 42.7. The summed E-state index contributed by atoms with van der Waals surface area (Å²) < 4.78 is 32.6. The topological polar surface area (TPSA) is 108 Å². The molecular formula is C44H85O8P. The van der Waals surface area contributed by atoms with Gasteiger partial charge in [-0.3, -0.25) is 18.6 Å². The molecule has 0 fully saturated rings. The van der Waals surface area contributed by atoms with Gasteiger partial charge in [-0.15, -0.1) is 0 Å². The second-order valence-electron chi connectivity index (χ2n) is 15.1. The first-order valence-corrected chi connectivity index (χ1v) is 24.0.